The second kappa shape index (κ2) is 6.40. The zero-order chi connectivity index (χ0) is 12.1. The van der Waals surface area contributed by atoms with Crippen LogP contribution >= 0.6 is 11.8 Å². The Hall–Kier alpha value is -0.550. The quantitative estimate of drug-likeness (QED) is 0.873. The average Bonchev–Trinajstić information content (AvgIpc) is 2.78. The van der Waals surface area contributed by atoms with Gasteiger partial charge in [-0.3, -0.25) is 0 Å². The Morgan fingerprint density at radius 1 is 1.59 bits per heavy atom. The Kier molecular flexibility index (Phi) is 4.86. The molecule has 1 aliphatic heterocycles. The van der Waals surface area contributed by atoms with Gasteiger partial charge in [-0.05, 0) is 44.0 Å². The fourth-order valence-electron chi connectivity index (χ4n) is 2.37. The van der Waals surface area contributed by atoms with E-state index in [9.17, 15) is 0 Å². The lowest BCUT2D eigenvalue weighted by Gasteiger charge is -2.27. The minimum absolute atomic E-state index is 0.616. The highest BCUT2D eigenvalue weighted by Crippen LogP contribution is 2.22. The highest BCUT2D eigenvalue weighted by atomic mass is 32.2. The summed E-state index contributed by atoms with van der Waals surface area (Å²) in [4.78, 5) is 4.42. The monoisotopic (exact) mass is 255 g/mol. The van der Waals surface area contributed by atoms with Crippen molar-refractivity contribution in [1.82, 2.24) is 15.5 Å². The number of nitrogens with zero attached hydrogens (tertiary/aromatic N) is 2. The molecule has 0 saturated carbocycles. The molecular weight excluding hydrogens is 234 g/mol. The third-order valence-electron chi connectivity index (χ3n) is 3.42. The van der Waals surface area contributed by atoms with Crippen LogP contribution in [0.25, 0.3) is 0 Å². The van der Waals surface area contributed by atoms with Crippen molar-refractivity contribution in [3.8, 4) is 0 Å². The Balaban J connectivity index is 1.85. The van der Waals surface area contributed by atoms with Gasteiger partial charge in [0, 0.05) is 6.42 Å². The summed E-state index contributed by atoms with van der Waals surface area (Å²) in [5.74, 6) is 3.82. The lowest BCUT2D eigenvalue weighted by atomic mass is 9.85. The fourth-order valence-corrected chi connectivity index (χ4v) is 2.74. The van der Waals surface area contributed by atoms with Crippen molar-refractivity contribution in [1.29, 1.82) is 0 Å². The standard InChI is InChI=1S/C12H21N3OS/c1-9(10-4-3-5-13-7-10)6-12-14-11(8-17-2)15-16-12/h9-10,13H,3-8H2,1-2H3. The van der Waals surface area contributed by atoms with Gasteiger partial charge in [-0.15, -0.1) is 0 Å². The van der Waals surface area contributed by atoms with Crippen molar-refractivity contribution in [2.45, 2.75) is 31.9 Å². The van der Waals surface area contributed by atoms with E-state index < -0.39 is 0 Å². The molecule has 2 atom stereocenters. The van der Waals surface area contributed by atoms with Crippen LogP contribution in [0.4, 0.5) is 0 Å². The van der Waals surface area contributed by atoms with E-state index >= 15 is 0 Å². The van der Waals surface area contributed by atoms with E-state index in [1.54, 1.807) is 11.8 Å². The zero-order valence-corrected chi connectivity index (χ0v) is 11.4. The second-order valence-electron chi connectivity index (χ2n) is 4.83. The van der Waals surface area contributed by atoms with Crippen LogP contribution in [0, 0.1) is 11.8 Å². The first-order valence-corrected chi connectivity index (χ1v) is 7.70. The summed E-state index contributed by atoms with van der Waals surface area (Å²) < 4.78 is 5.28. The fraction of sp³-hybridized carbons (Fsp3) is 0.833. The summed E-state index contributed by atoms with van der Waals surface area (Å²) >= 11 is 1.72. The van der Waals surface area contributed by atoms with Crippen LogP contribution in [0.15, 0.2) is 4.52 Å². The molecule has 1 aromatic rings. The Bertz CT molecular complexity index is 336. The molecule has 0 radical (unpaired) electrons. The molecule has 0 spiro atoms. The third-order valence-corrected chi connectivity index (χ3v) is 3.97. The molecule has 0 bridgehead atoms. The molecule has 0 amide bonds. The minimum Gasteiger partial charge on any atom is -0.339 e. The van der Waals surface area contributed by atoms with Crippen molar-refractivity contribution in [3.05, 3.63) is 11.7 Å². The first kappa shape index (κ1) is 12.9. The maximum absolute atomic E-state index is 5.28. The number of aromatic nitrogens is 2. The van der Waals surface area contributed by atoms with Gasteiger partial charge in [-0.1, -0.05) is 12.1 Å². The Morgan fingerprint density at radius 3 is 3.18 bits per heavy atom. The predicted octanol–water partition coefficient (Wildman–Crippen LogP) is 2.11. The topological polar surface area (TPSA) is 51.0 Å². The van der Waals surface area contributed by atoms with Crippen molar-refractivity contribution >= 4 is 11.8 Å². The van der Waals surface area contributed by atoms with Gasteiger partial charge in [0.25, 0.3) is 0 Å². The lowest BCUT2D eigenvalue weighted by molar-refractivity contribution is 0.256. The molecule has 17 heavy (non-hydrogen) atoms. The lowest BCUT2D eigenvalue weighted by Crippen LogP contribution is -2.33. The third kappa shape index (κ3) is 3.71. The van der Waals surface area contributed by atoms with Crippen molar-refractivity contribution < 1.29 is 4.52 Å². The maximum atomic E-state index is 5.28. The highest BCUT2D eigenvalue weighted by molar-refractivity contribution is 7.97. The summed E-state index contributed by atoms with van der Waals surface area (Å²) in [5.41, 5.74) is 0. The molecule has 2 rings (SSSR count). The number of thioether (sulfide) groups is 1. The van der Waals surface area contributed by atoms with Gasteiger partial charge in [0.1, 0.15) is 0 Å². The Labute approximate surface area is 107 Å². The highest BCUT2D eigenvalue weighted by Gasteiger charge is 2.22. The average molecular weight is 255 g/mol. The van der Waals surface area contributed by atoms with Crippen LogP contribution in [0.1, 0.15) is 31.5 Å². The summed E-state index contributed by atoms with van der Waals surface area (Å²) in [6.07, 6.45) is 5.57. The van der Waals surface area contributed by atoms with E-state index in [2.05, 4.69) is 22.4 Å². The molecule has 1 N–H and O–H groups in total. The molecule has 1 aliphatic rings. The van der Waals surface area contributed by atoms with E-state index in [0.29, 0.717) is 5.92 Å². The molecule has 5 heteroatoms. The van der Waals surface area contributed by atoms with Crippen LogP contribution < -0.4 is 5.32 Å². The molecule has 96 valence electrons. The van der Waals surface area contributed by atoms with Gasteiger partial charge in [0.15, 0.2) is 5.82 Å². The van der Waals surface area contributed by atoms with Crippen molar-refractivity contribution in [3.63, 3.8) is 0 Å². The molecule has 1 saturated heterocycles. The van der Waals surface area contributed by atoms with Gasteiger partial charge in [-0.25, -0.2) is 0 Å². The second-order valence-corrected chi connectivity index (χ2v) is 5.69. The first-order chi connectivity index (χ1) is 8.29. The van der Waals surface area contributed by atoms with E-state index in [-0.39, 0.29) is 0 Å². The van der Waals surface area contributed by atoms with E-state index in [1.165, 1.54) is 19.4 Å². The summed E-state index contributed by atoms with van der Waals surface area (Å²) in [7, 11) is 0. The van der Waals surface area contributed by atoms with Crippen LogP contribution in [-0.4, -0.2) is 29.5 Å². The molecular formula is C12H21N3OS. The van der Waals surface area contributed by atoms with Gasteiger partial charge < -0.3 is 9.84 Å². The molecule has 0 aliphatic carbocycles. The largest absolute Gasteiger partial charge is 0.339 e. The van der Waals surface area contributed by atoms with Gasteiger partial charge in [0.2, 0.25) is 5.89 Å². The summed E-state index contributed by atoms with van der Waals surface area (Å²) in [6.45, 7) is 4.59. The summed E-state index contributed by atoms with van der Waals surface area (Å²) in [6, 6.07) is 0. The molecule has 4 nitrogen and oxygen atoms in total. The number of rotatable bonds is 5. The smallest absolute Gasteiger partial charge is 0.226 e. The minimum atomic E-state index is 0.616. The van der Waals surface area contributed by atoms with Gasteiger partial charge in [0.05, 0.1) is 5.75 Å². The van der Waals surface area contributed by atoms with E-state index in [0.717, 1.165) is 36.4 Å². The number of hydrogen-bond acceptors (Lipinski definition) is 5. The Morgan fingerprint density at radius 2 is 2.47 bits per heavy atom. The van der Waals surface area contributed by atoms with Crippen LogP contribution in [0.5, 0.6) is 0 Å². The predicted molar refractivity (Wildman–Crippen MR) is 70.0 cm³/mol. The molecule has 2 unspecified atom stereocenters. The van der Waals surface area contributed by atoms with Crippen LogP contribution in [-0.2, 0) is 12.2 Å². The van der Waals surface area contributed by atoms with Crippen molar-refractivity contribution in [2.24, 2.45) is 11.8 Å². The van der Waals surface area contributed by atoms with Gasteiger partial charge >= 0.3 is 0 Å². The van der Waals surface area contributed by atoms with Crippen LogP contribution in [0.2, 0.25) is 0 Å². The number of piperidine rings is 1. The SMILES string of the molecule is CSCc1noc(CC(C)C2CCCNC2)n1. The normalized spacial score (nSPS) is 22.6. The van der Waals surface area contributed by atoms with Gasteiger partial charge in [-0.2, -0.15) is 16.7 Å². The molecule has 1 aromatic heterocycles. The zero-order valence-electron chi connectivity index (χ0n) is 10.6. The van der Waals surface area contributed by atoms with E-state index in [1.807, 2.05) is 6.26 Å². The number of hydrogen-bond donors (Lipinski definition) is 1. The molecule has 1 fully saturated rings. The molecule has 0 aromatic carbocycles. The number of nitrogens with one attached hydrogen (secondary N) is 1. The van der Waals surface area contributed by atoms with Crippen molar-refractivity contribution in [2.75, 3.05) is 19.3 Å². The van der Waals surface area contributed by atoms with E-state index in [4.69, 9.17) is 4.52 Å². The van der Waals surface area contributed by atoms with Crippen LogP contribution in [0.3, 0.4) is 0 Å². The molecule has 2 heterocycles. The first-order valence-electron chi connectivity index (χ1n) is 6.30. The maximum Gasteiger partial charge on any atom is 0.226 e. The summed E-state index contributed by atoms with van der Waals surface area (Å²) in [5, 5.41) is 7.44.